The van der Waals surface area contributed by atoms with Crippen molar-refractivity contribution in [1.82, 2.24) is 0 Å². The highest BCUT2D eigenvalue weighted by Crippen LogP contribution is 2.24. The number of ether oxygens (including phenoxy) is 1. The molecule has 75 valence electrons. The Bertz CT molecular complexity index is 420. The van der Waals surface area contributed by atoms with E-state index in [-0.39, 0.29) is 0 Å². The van der Waals surface area contributed by atoms with Gasteiger partial charge in [-0.15, -0.1) is 0 Å². The van der Waals surface area contributed by atoms with Crippen LogP contribution in [0.2, 0.25) is 0 Å². The van der Waals surface area contributed by atoms with E-state index in [0.717, 1.165) is 17.9 Å². The van der Waals surface area contributed by atoms with Gasteiger partial charge in [-0.1, -0.05) is 31.2 Å². The molecule has 0 N–H and O–H groups in total. The molecule has 0 bridgehead atoms. The Balaban J connectivity index is 2.24. The largest absolute Gasteiger partial charge is 0.457 e. The van der Waals surface area contributed by atoms with Gasteiger partial charge in [-0.3, -0.25) is 0 Å². The second kappa shape index (κ2) is 4.65. The molecule has 15 heavy (non-hydrogen) atoms. The van der Waals surface area contributed by atoms with Crippen LogP contribution in [0.5, 0.6) is 11.5 Å². The maximum Gasteiger partial charge on any atom is 0.130 e. The molecule has 1 heteroatoms. The van der Waals surface area contributed by atoms with Crippen LogP contribution in [0.1, 0.15) is 12.5 Å². The Morgan fingerprint density at radius 1 is 1.13 bits per heavy atom. The quantitative estimate of drug-likeness (QED) is 0.726. The molecule has 0 aliphatic rings. The van der Waals surface area contributed by atoms with Gasteiger partial charge < -0.3 is 4.74 Å². The van der Waals surface area contributed by atoms with E-state index < -0.39 is 0 Å². The molecular weight excluding hydrogens is 184 g/mol. The van der Waals surface area contributed by atoms with Crippen LogP contribution in [0.3, 0.4) is 0 Å². The van der Waals surface area contributed by atoms with Gasteiger partial charge in [0, 0.05) is 0 Å². The third kappa shape index (κ3) is 2.38. The van der Waals surface area contributed by atoms with Crippen LogP contribution in [0.25, 0.3) is 0 Å². The average Bonchev–Trinajstić information content (AvgIpc) is 2.31. The molecule has 0 aliphatic carbocycles. The summed E-state index contributed by atoms with van der Waals surface area (Å²) >= 11 is 0. The second-order valence-electron chi connectivity index (χ2n) is 3.30. The first-order valence-corrected chi connectivity index (χ1v) is 5.12. The SMILES string of the molecule is CCc1c[c]ccc1Oc1ccccc1. The molecule has 2 rings (SSSR count). The second-order valence-corrected chi connectivity index (χ2v) is 3.30. The van der Waals surface area contributed by atoms with Crippen LogP contribution in [-0.4, -0.2) is 0 Å². The average molecular weight is 197 g/mol. The Morgan fingerprint density at radius 2 is 1.93 bits per heavy atom. The molecule has 0 spiro atoms. The molecule has 0 heterocycles. The smallest absolute Gasteiger partial charge is 0.130 e. The predicted octanol–water partition coefficient (Wildman–Crippen LogP) is 3.84. The van der Waals surface area contributed by atoms with E-state index in [1.165, 1.54) is 5.56 Å². The predicted molar refractivity (Wildman–Crippen MR) is 61.2 cm³/mol. The van der Waals surface area contributed by atoms with E-state index in [0.29, 0.717) is 0 Å². The first kappa shape index (κ1) is 9.78. The molecule has 1 nitrogen and oxygen atoms in total. The number of para-hydroxylation sites is 1. The zero-order valence-corrected chi connectivity index (χ0v) is 8.73. The Labute approximate surface area is 90.3 Å². The molecular formula is C14H13O. The minimum Gasteiger partial charge on any atom is -0.457 e. The highest BCUT2D eigenvalue weighted by atomic mass is 16.5. The lowest BCUT2D eigenvalue weighted by atomic mass is 10.1. The van der Waals surface area contributed by atoms with Crippen LogP contribution < -0.4 is 4.74 Å². The van der Waals surface area contributed by atoms with Gasteiger partial charge in [0.05, 0.1) is 0 Å². The van der Waals surface area contributed by atoms with Gasteiger partial charge in [-0.05, 0) is 42.3 Å². The summed E-state index contributed by atoms with van der Waals surface area (Å²) in [6.07, 6.45) is 0.958. The molecule has 0 amide bonds. The number of rotatable bonds is 3. The van der Waals surface area contributed by atoms with Crippen molar-refractivity contribution < 1.29 is 4.74 Å². The third-order valence-electron chi connectivity index (χ3n) is 2.26. The molecule has 2 aromatic rings. The molecule has 0 unspecified atom stereocenters. The molecule has 0 aromatic heterocycles. The van der Waals surface area contributed by atoms with Crippen molar-refractivity contribution in [2.24, 2.45) is 0 Å². The third-order valence-corrected chi connectivity index (χ3v) is 2.26. The molecule has 0 aliphatic heterocycles. The van der Waals surface area contributed by atoms with Crippen LogP contribution in [0.15, 0.2) is 48.5 Å². The monoisotopic (exact) mass is 197 g/mol. The zero-order chi connectivity index (χ0) is 10.5. The van der Waals surface area contributed by atoms with Gasteiger partial charge in [-0.2, -0.15) is 0 Å². The molecule has 0 fully saturated rings. The Hall–Kier alpha value is -1.76. The Kier molecular flexibility index (Phi) is 3.03. The maximum atomic E-state index is 5.78. The first-order chi connectivity index (χ1) is 7.40. The summed E-state index contributed by atoms with van der Waals surface area (Å²) in [5, 5.41) is 0. The van der Waals surface area contributed by atoms with E-state index in [9.17, 15) is 0 Å². The lowest BCUT2D eigenvalue weighted by Crippen LogP contribution is -1.89. The van der Waals surface area contributed by atoms with Crippen molar-refractivity contribution in [2.75, 3.05) is 0 Å². The van der Waals surface area contributed by atoms with Crippen molar-refractivity contribution in [2.45, 2.75) is 13.3 Å². The van der Waals surface area contributed by atoms with E-state index >= 15 is 0 Å². The van der Waals surface area contributed by atoms with Gasteiger partial charge in [0.2, 0.25) is 0 Å². The number of benzene rings is 2. The number of aryl methyl sites for hydroxylation is 1. The van der Waals surface area contributed by atoms with E-state index in [1.807, 2.05) is 48.5 Å². The summed E-state index contributed by atoms with van der Waals surface area (Å²) in [4.78, 5) is 0. The summed E-state index contributed by atoms with van der Waals surface area (Å²) < 4.78 is 5.78. The minimum absolute atomic E-state index is 0.874. The van der Waals surface area contributed by atoms with Crippen LogP contribution in [-0.2, 0) is 6.42 Å². The van der Waals surface area contributed by atoms with Crippen molar-refractivity contribution in [1.29, 1.82) is 0 Å². The standard InChI is InChI=1S/C14H13O/c1-2-12-8-6-7-11-14(12)15-13-9-4-3-5-10-13/h3-5,7-11H,2H2,1H3. The summed E-state index contributed by atoms with van der Waals surface area (Å²) in [5.41, 5.74) is 1.18. The fourth-order valence-electron chi connectivity index (χ4n) is 1.44. The highest BCUT2D eigenvalue weighted by Gasteiger charge is 2.01. The lowest BCUT2D eigenvalue weighted by molar-refractivity contribution is 0.477. The number of hydrogen-bond donors (Lipinski definition) is 0. The van der Waals surface area contributed by atoms with Crippen LogP contribution >= 0.6 is 0 Å². The summed E-state index contributed by atoms with van der Waals surface area (Å²) in [6.45, 7) is 2.11. The fourth-order valence-corrected chi connectivity index (χ4v) is 1.44. The normalized spacial score (nSPS) is 9.93. The zero-order valence-electron chi connectivity index (χ0n) is 8.73. The molecule has 1 radical (unpaired) electrons. The fraction of sp³-hybridized carbons (Fsp3) is 0.143. The Morgan fingerprint density at radius 3 is 2.67 bits per heavy atom. The molecule has 2 aromatic carbocycles. The van der Waals surface area contributed by atoms with Gasteiger partial charge >= 0.3 is 0 Å². The maximum absolute atomic E-state index is 5.78. The highest BCUT2D eigenvalue weighted by molar-refractivity contribution is 5.37. The number of hydrogen-bond acceptors (Lipinski definition) is 1. The van der Waals surface area contributed by atoms with Crippen LogP contribution in [0.4, 0.5) is 0 Å². The van der Waals surface area contributed by atoms with Crippen LogP contribution in [0, 0.1) is 6.07 Å². The van der Waals surface area contributed by atoms with E-state index in [1.54, 1.807) is 0 Å². The van der Waals surface area contributed by atoms with Gasteiger partial charge in [0.25, 0.3) is 0 Å². The first-order valence-electron chi connectivity index (χ1n) is 5.12. The van der Waals surface area contributed by atoms with Gasteiger partial charge in [-0.25, -0.2) is 0 Å². The van der Waals surface area contributed by atoms with Gasteiger partial charge in [0.15, 0.2) is 0 Å². The van der Waals surface area contributed by atoms with Crippen molar-refractivity contribution in [3.05, 3.63) is 60.2 Å². The van der Waals surface area contributed by atoms with E-state index in [2.05, 4.69) is 13.0 Å². The summed E-state index contributed by atoms with van der Waals surface area (Å²) in [6, 6.07) is 18.7. The van der Waals surface area contributed by atoms with E-state index in [4.69, 9.17) is 4.74 Å². The topological polar surface area (TPSA) is 9.23 Å². The molecule has 0 saturated heterocycles. The van der Waals surface area contributed by atoms with Crippen molar-refractivity contribution >= 4 is 0 Å². The molecule has 0 saturated carbocycles. The van der Waals surface area contributed by atoms with Crippen molar-refractivity contribution in [3.63, 3.8) is 0 Å². The minimum atomic E-state index is 0.874. The molecule has 0 atom stereocenters. The lowest BCUT2D eigenvalue weighted by Gasteiger charge is -2.08. The van der Waals surface area contributed by atoms with Crippen molar-refractivity contribution in [3.8, 4) is 11.5 Å². The van der Waals surface area contributed by atoms with Gasteiger partial charge in [0.1, 0.15) is 11.5 Å². The summed E-state index contributed by atoms with van der Waals surface area (Å²) in [5.74, 6) is 1.79. The summed E-state index contributed by atoms with van der Waals surface area (Å²) in [7, 11) is 0.